The molecular weight excluding hydrogens is 257 g/mol. The van der Waals surface area contributed by atoms with E-state index in [9.17, 15) is 4.39 Å². The quantitative estimate of drug-likeness (QED) is 0.898. The molecule has 0 saturated carbocycles. The van der Waals surface area contributed by atoms with E-state index in [1.165, 1.54) is 12.1 Å². The number of hydrogen-bond acceptors (Lipinski definition) is 4. The highest BCUT2D eigenvalue weighted by Gasteiger charge is 2.15. The van der Waals surface area contributed by atoms with Crippen molar-refractivity contribution in [3.05, 3.63) is 35.1 Å². The summed E-state index contributed by atoms with van der Waals surface area (Å²) in [6.45, 7) is 5.34. The second-order valence-corrected chi connectivity index (χ2v) is 5.15. The average Bonchev–Trinajstić information content (AvgIpc) is 2.64. The molecule has 0 amide bonds. The van der Waals surface area contributed by atoms with E-state index in [0.717, 1.165) is 38.2 Å². The van der Waals surface area contributed by atoms with Crippen molar-refractivity contribution in [1.29, 1.82) is 5.26 Å². The Labute approximate surface area is 119 Å². The highest BCUT2D eigenvalue weighted by atomic mass is 19.1. The molecule has 0 atom stereocenters. The number of benzene rings is 1. The first-order chi connectivity index (χ1) is 9.71. The molecule has 1 fully saturated rings. The molecule has 1 heterocycles. The van der Waals surface area contributed by atoms with Gasteiger partial charge in [0.15, 0.2) is 0 Å². The van der Waals surface area contributed by atoms with Crippen molar-refractivity contribution in [2.45, 2.75) is 13.0 Å². The molecule has 0 spiro atoms. The Morgan fingerprint density at radius 1 is 1.15 bits per heavy atom. The fourth-order valence-electron chi connectivity index (χ4n) is 2.61. The lowest BCUT2D eigenvalue weighted by Gasteiger charge is -2.21. The van der Waals surface area contributed by atoms with Crippen LogP contribution in [-0.4, -0.2) is 54.2 Å². The molecule has 0 radical (unpaired) electrons. The van der Waals surface area contributed by atoms with Crippen molar-refractivity contribution < 1.29 is 9.50 Å². The maximum Gasteiger partial charge on any atom is 0.124 e. The topological polar surface area (TPSA) is 50.5 Å². The highest BCUT2D eigenvalue weighted by Crippen LogP contribution is 2.13. The van der Waals surface area contributed by atoms with Gasteiger partial charge in [0.2, 0.25) is 0 Å². The number of aliphatic hydroxyl groups excluding tert-OH is 1. The van der Waals surface area contributed by atoms with Gasteiger partial charge in [-0.3, -0.25) is 9.80 Å². The summed E-state index contributed by atoms with van der Waals surface area (Å²) in [5.41, 5.74) is 1.22. The maximum atomic E-state index is 13.4. The Morgan fingerprint density at radius 3 is 2.65 bits per heavy atom. The normalized spacial score (nSPS) is 17.6. The minimum absolute atomic E-state index is 0.190. The molecule has 4 nitrogen and oxygen atoms in total. The summed E-state index contributed by atoms with van der Waals surface area (Å²) in [7, 11) is 0. The largest absolute Gasteiger partial charge is 0.395 e. The zero-order chi connectivity index (χ0) is 14.4. The molecule has 0 unspecified atom stereocenters. The molecule has 0 bridgehead atoms. The van der Waals surface area contributed by atoms with E-state index in [1.807, 2.05) is 6.07 Å². The van der Waals surface area contributed by atoms with Gasteiger partial charge in [0.1, 0.15) is 5.82 Å². The van der Waals surface area contributed by atoms with Gasteiger partial charge in [-0.05, 0) is 43.3 Å². The number of aliphatic hydroxyl groups is 1. The van der Waals surface area contributed by atoms with Crippen molar-refractivity contribution in [3.63, 3.8) is 0 Å². The second kappa shape index (κ2) is 7.34. The van der Waals surface area contributed by atoms with E-state index in [-0.39, 0.29) is 12.4 Å². The molecule has 1 aliphatic rings. The molecule has 20 heavy (non-hydrogen) atoms. The maximum absolute atomic E-state index is 13.4. The molecule has 0 aromatic heterocycles. The second-order valence-electron chi connectivity index (χ2n) is 5.15. The van der Waals surface area contributed by atoms with Crippen LogP contribution in [0, 0.1) is 17.1 Å². The van der Waals surface area contributed by atoms with Crippen molar-refractivity contribution in [1.82, 2.24) is 9.80 Å². The Bertz CT molecular complexity index is 486. The van der Waals surface area contributed by atoms with Crippen LogP contribution in [0.15, 0.2) is 18.2 Å². The van der Waals surface area contributed by atoms with Gasteiger partial charge in [-0.1, -0.05) is 0 Å². The predicted molar refractivity (Wildman–Crippen MR) is 74.5 cm³/mol. The van der Waals surface area contributed by atoms with Gasteiger partial charge in [-0.2, -0.15) is 5.26 Å². The molecule has 0 aliphatic carbocycles. The van der Waals surface area contributed by atoms with Gasteiger partial charge in [-0.15, -0.1) is 0 Å². The summed E-state index contributed by atoms with van der Waals surface area (Å²) in [6, 6.07) is 6.49. The van der Waals surface area contributed by atoms with Crippen molar-refractivity contribution in [2.24, 2.45) is 0 Å². The van der Waals surface area contributed by atoms with E-state index in [0.29, 0.717) is 18.7 Å². The summed E-state index contributed by atoms with van der Waals surface area (Å²) in [4.78, 5) is 4.51. The van der Waals surface area contributed by atoms with Gasteiger partial charge >= 0.3 is 0 Å². The Balaban J connectivity index is 1.96. The van der Waals surface area contributed by atoms with Crippen LogP contribution in [0.2, 0.25) is 0 Å². The third-order valence-corrected chi connectivity index (χ3v) is 3.59. The molecule has 1 aromatic rings. The lowest BCUT2D eigenvalue weighted by atomic mass is 10.1. The SMILES string of the molecule is N#Cc1cc(F)cc(CN2CCCN(CCO)CC2)c1. The summed E-state index contributed by atoms with van der Waals surface area (Å²) < 4.78 is 13.4. The van der Waals surface area contributed by atoms with Gasteiger partial charge < -0.3 is 5.11 Å². The molecule has 1 aliphatic heterocycles. The lowest BCUT2D eigenvalue weighted by molar-refractivity contribution is 0.196. The van der Waals surface area contributed by atoms with Crippen LogP contribution in [0.4, 0.5) is 4.39 Å². The zero-order valence-corrected chi connectivity index (χ0v) is 11.6. The number of hydrogen-bond donors (Lipinski definition) is 1. The fraction of sp³-hybridized carbons (Fsp3) is 0.533. The van der Waals surface area contributed by atoms with Gasteiger partial charge in [-0.25, -0.2) is 4.39 Å². The molecule has 1 aromatic carbocycles. The van der Waals surface area contributed by atoms with Crippen molar-refractivity contribution in [3.8, 4) is 6.07 Å². The summed E-state index contributed by atoms with van der Waals surface area (Å²) >= 11 is 0. The summed E-state index contributed by atoms with van der Waals surface area (Å²) in [5.74, 6) is -0.351. The van der Waals surface area contributed by atoms with Crippen LogP contribution in [-0.2, 0) is 6.54 Å². The van der Waals surface area contributed by atoms with Gasteiger partial charge in [0.05, 0.1) is 18.2 Å². The molecule has 5 heteroatoms. The molecule has 2 rings (SSSR count). The van der Waals surface area contributed by atoms with Crippen LogP contribution >= 0.6 is 0 Å². The Hall–Kier alpha value is -1.48. The van der Waals surface area contributed by atoms with E-state index in [2.05, 4.69) is 9.80 Å². The minimum Gasteiger partial charge on any atom is -0.395 e. The Kier molecular flexibility index (Phi) is 5.48. The third-order valence-electron chi connectivity index (χ3n) is 3.59. The third kappa shape index (κ3) is 4.27. The van der Waals surface area contributed by atoms with E-state index in [4.69, 9.17) is 10.4 Å². The molecule has 108 valence electrons. The number of nitriles is 1. The minimum atomic E-state index is -0.351. The summed E-state index contributed by atoms with van der Waals surface area (Å²) in [6.07, 6.45) is 1.04. The first-order valence-electron chi connectivity index (χ1n) is 6.96. The monoisotopic (exact) mass is 277 g/mol. The standard InChI is InChI=1S/C15H20FN3O/c16-15-9-13(11-17)8-14(10-15)12-19-3-1-2-18(4-5-19)6-7-20/h8-10,20H,1-7,12H2. The number of rotatable bonds is 4. The van der Waals surface area contributed by atoms with Crippen molar-refractivity contribution >= 4 is 0 Å². The van der Waals surface area contributed by atoms with Crippen molar-refractivity contribution in [2.75, 3.05) is 39.3 Å². The van der Waals surface area contributed by atoms with E-state index < -0.39 is 0 Å². The molecule has 1 saturated heterocycles. The fourth-order valence-corrected chi connectivity index (χ4v) is 2.61. The number of β-amino-alcohol motifs (C(OH)–C–C–N with tert-alkyl or cyclic N) is 1. The van der Waals surface area contributed by atoms with Crippen LogP contribution in [0.3, 0.4) is 0 Å². The smallest absolute Gasteiger partial charge is 0.124 e. The first-order valence-corrected chi connectivity index (χ1v) is 6.96. The zero-order valence-electron chi connectivity index (χ0n) is 11.6. The van der Waals surface area contributed by atoms with Gasteiger partial charge in [0.25, 0.3) is 0 Å². The van der Waals surface area contributed by atoms with Crippen LogP contribution in [0.25, 0.3) is 0 Å². The van der Waals surface area contributed by atoms with Crippen LogP contribution in [0.1, 0.15) is 17.5 Å². The first kappa shape index (κ1) is 14.9. The Morgan fingerprint density at radius 2 is 1.90 bits per heavy atom. The van der Waals surface area contributed by atoms with Crippen LogP contribution < -0.4 is 0 Å². The highest BCUT2D eigenvalue weighted by molar-refractivity contribution is 5.33. The molecule has 1 N–H and O–H groups in total. The number of nitrogens with zero attached hydrogens (tertiary/aromatic N) is 3. The van der Waals surface area contributed by atoms with E-state index >= 15 is 0 Å². The lowest BCUT2D eigenvalue weighted by Crippen LogP contribution is -2.32. The van der Waals surface area contributed by atoms with E-state index in [1.54, 1.807) is 6.07 Å². The molecular formula is C15H20FN3O. The number of halogens is 1. The van der Waals surface area contributed by atoms with Gasteiger partial charge in [0, 0.05) is 26.2 Å². The summed E-state index contributed by atoms with van der Waals surface area (Å²) in [5, 5.41) is 17.8. The van der Waals surface area contributed by atoms with Crippen LogP contribution in [0.5, 0.6) is 0 Å². The average molecular weight is 277 g/mol. The predicted octanol–water partition coefficient (Wildman–Crippen LogP) is 1.20.